The summed E-state index contributed by atoms with van der Waals surface area (Å²) in [4.78, 5) is 13.9. The minimum atomic E-state index is -0.439. The highest BCUT2D eigenvalue weighted by Crippen LogP contribution is 2.16. The average Bonchev–Trinajstić information content (AvgIpc) is 2.34. The van der Waals surface area contributed by atoms with Gasteiger partial charge in [0, 0.05) is 31.8 Å². The van der Waals surface area contributed by atoms with Crippen LogP contribution in [0.25, 0.3) is 0 Å². The van der Waals surface area contributed by atoms with Crippen molar-refractivity contribution in [2.45, 2.75) is 71.1 Å². The fourth-order valence-electron chi connectivity index (χ4n) is 2.49. The molecule has 0 unspecified atom stereocenters. The number of nitrogens with zero attached hydrogens (tertiary/aromatic N) is 1. The lowest BCUT2D eigenvalue weighted by atomic mass is 10.0. The topological polar surface area (TPSA) is 61.8 Å². The van der Waals surface area contributed by atoms with Gasteiger partial charge in [-0.2, -0.15) is 0 Å². The molecule has 0 radical (unpaired) electrons. The van der Waals surface area contributed by atoms with Crippen molar-refractivity contribution in [3.8, 4) is 0 Å². The zero-order chi connectivity index (χ0) is 15.2. The van der Waals surface area contributed by atoms with Crippen LogP contribution in [0.1, 0.15) is 53.4 Å². The Labute approximate surface area is 122 Å². The first kappa shape index (κ1) is 17.2. The van der Waals surface area contributed by atoms with Crippen molar-refractivity contribution in [3.05, 3.63) is 0 Å². The second-order valence-corrected chi connectivity index (χ2v) is 6.70. The second-order valence-electron chi connectivity index (χ2n) is 6.70. The molecule has 1 amide bonds. The number of hydrogen-bond donors (Lipinski definition) is 2. The Morgan fingerprint density at radius 2 is 2.20 bits per heavy atom. The third kappa shape index (κ3) is 6.57. The van der Waals surface area contributed by atoms with E-state index in [9.17, 15) is 4.79 Å². The van der Waals surface area contributed by atoms with E-state index in [0.717, 1.165) is 32.2 Å². The van der Waals surface area contributed by atoms with Gasteiger partial charge in [-0.15, -0.1) is 0 Å². The summed E-state index contributed by atoms with van der Waals surface area (Å²) in [6.07, 6.45) is 3.65. The van der Waals surface area contributed by atoms with Gasteiger partial charge in [0.15, 0.2) is 0 Å². The molecule has 1 aliphatic heterocycles. The standard InChI is InChI=1S/C15H30N2O3/c1-12(7-6-10-18)16-13-8-5-9-17(11-13)14(19)20-15(2,3)4/h12-13,16,18H,5-11H2,1-4H3/t12-,13+/m0/s1. The number of carbonyl (C=O) groups is 1. The number of amides is 1. The van der Waals surface area contributed by atoms with Crippen LogP contribution in [-0.2, 0) is 4.74 Å². The molecule has 2 atom stereocenters. The first-order valence-corrected chi connectivity index (χ1v) is 7.66. The van der Waals surface area contributed by atoms with Crippen LogP contribution in [0.3, 0.4) is 0 Å². The third-order valence-corrected chi connectivity index (χ3v) is 3.39. The molecule has 0 aromatic rings. The van der Waals surface area contributed by atoms with Crippen LogP contribution in [0.2, 0.25) is 0 Å². The molecule has 0 aromatic heterocycles. The lowest BCUT2D eigenvalue weighted by Gasteiger charge is -2.35. The number of rotatable bonds is 5. The predicted octanol–water partition coefficient (Wildman–Crippen LogP) is 2.14. The third-order valence-electron chi connectivity index (χ3n) is 3.39. The molecule has 1 saturated heterocycles. The van der Waals surface area contributed by atoms with Gasteiger partial charge in [-0.1, -0.05) is 0 Å². The predicted molar refractivity (Wildman–Crippen MR) is 79.7 cm³/mol. The minimum Gasteiger partial charge on any atom is -0.444 e. The Hall–Kier alpha value is -0.810. The first-order chi connectivity index (χ1) is 9.31. The number of carbonyl (C=O) groups excluding carboxylic acids is 1. The lowest BCUT2D eigenvalue weighted by Crippen LogP contribution is -2.51. The fraction of sp³-hybridized carbons (Fsp3) is 0.933. The molecule has 0 saturated carbocycles. The number of aliphatic hydroxyl groups excluding tert-OH is 1. The summed E-state index contributed by atoms with van der Waals surface area (Å²) < 4.78 is 5.42. The van der Waals surface area contributed by atoms with Crippen LogP contribution >= 0.6 is 0 Å². The Kier molecular flexibility index (Phi) is 6.76. The summed E-state index contributed by atoms with van der Waals surface area (Å²) in [6.45, 7) is 9.52. The van der Waals surface area contributed by atoms with E-state index in [1.807, 2.05) is 20.8 Å². The molecule has 0 aromatic carbocycles. The molecule has 1 aliphatic rings. The van der Waals surface area contributed by atoms with E-state index in [-0.39, 0.29) is 12.7 Å². The lowest BCUT2D eigenvalue weighted by molar-refractivity contribution is 0.0183. The van der Waals surface area contributed by atoms with E-state index in [1.54, 1.807) is 4.90 Å². The Morgan fingerprint density at radius 3 is 2.80 bits per heavy atom. The normalized spacial score (nSPS) is 21.6. The van der Waals surface area contributed by atoms with Crippen LogP contribution in [0.15, 0.2) is 0 Å². The maximum absolute atomic E-state index is 12.1. The van der Waals surface area contributed by atoms with Gasteiger partial charge in [-0.3, -0.25) is 0 Å². The minimum absolute atomic E-state index is 0.216. The molecule has 1 fully saturated rings. The molecule has 0 bridgehead atoms. The molecule has 1 rings (SSSR count). The largest absolute Gasteiger partial charge is 0.444 e. The molecule has 5 heteroatoms. The number of aliphatic hydroxyl groups is 1. The van der Waals surface area contributed by atoms with Gasteiger partial charge in [0.2, 0.25) is 0 Å². The molecular weight excluding hydrogens is 256 g/mol. The zero-order valence-electron chi connectivity index (χ0n) is 13.3. The maximum atomic E-state index is 12.1. The highest BCUT2D eigenvalue weighted by atomic mass is 16.6. The molecule has 118 valence electrons. The van der Waals surface area contributed by atoms with Gasteiger partial charge in [0.25, 0.3) is 0 Å². The summed E-state index contributed by atoms with van der Waals surface area (Å²) in [7, 11) is 0. The fourth-order valence-corrected chi connectivity index (χ4v) is 2.49. The molecule has 2 N–H and O–H groups in total. The van der Waals surface area contributed by atoms with Crippen molar-refractivity contribution in [3.63, 3.8) is 0 Å². The summed E-state index contributed by atoms with van der Waals surface area (Å²) in [6, 6.07) is 0.690. The van der Waals surface area contributed by atoms with E-state index in [0.29, 0.717) is 18.6 Å². The second kappa shape index (κ2) is 7.84. The Bertz CT molecular complexity index is 302. The number of ether oxygens (including phenoxy) is 1. The van der Waals surface area contributed by atoms with E-state index in [2.05, 4.69) is 12.2 Å². The molecule has 1 heterocycles. The van der Waals surface area contributed by atoms with Gasteiger partial charge < -0.3 is 20.1 Å². The quantitative estimate of drug-likeness (QED) is 0.813. The molecular formula is C15H30N2O3. The highest BCUT2D eigenvalue weighted by Gasteiger charge is 2.27. The zero-order valence-corrected chi connectivity index (χ0v) is 13.3. The van der Waals surface area contributed by atoms with Gasteiger partial charge in [0.1, 0.15) is 5.60 Å². The average molecular weight is 286 g/mol. The summed E-state index contributed by atoms with van der Waals surface area (Å²) in [5.74, 6) is 0. The van der Waals surface area contributed by atoms with Crippen LogP contribution < -0.4 is 5.32 Å². The van der Waals surface area contributed by atoms with E-state index >= 15 is 0 Å². The highest BCUT2D eigenvalue weighted by molar-refractivity contribution is 5.68. The first-order valence-electron chi connectivity index (χ1n) is 7.66. The summed E-state index contributed by atoms with van der Waals surface area (Å²) >= 11 is 0. The van der Waals surface area contributed by atoms with E-state index < -0.39 is 5.60 Å². The Balaban J connectivity index is 2.40. The molecule has 20 heavy (non-hydrogen) atoms. The van der Waals surface area contributed by atoms with Gasteiger partial charge in [-0.05, 0) is 53.4 Å². The number of nitrogens with one attached hydrogen (secondary N) is 1. The van der Waals surface area contributed by atoms with Gasteiger partial charge in [-0.25, -0.2) is 4.79 Å². The van der Waals surface area contributed by atoms with Crippen molar-refractivity contribution in [1.29, 1.82) is 0 Å². The Morgan fingerprint density at radius 1 is 1.50 bits per heavy atom. The smallest absolute Gasteiger partial charge is 0.410 e. The van der Waals surface area contributed by atoms with E-state index in [1.165, 1.54) is 0 Å². The van der Waals surface area contributed by atoms with Crippen LogP contribution in [0, 0.1) is 0 Å². The van der Waals surface area contributed by atoms with Gasteiger partial charge in [0.05, 0.1) is 0 Å². The van der Waals surface area contributed by atoms with Crippen LogP contribution in [0.4, 0.5) is 4.79 Å². The van der Waals surface area contributed by atoms with Crippen molar-refractivity contribution in [1.82, 2.24) is 10.2 Å². The summed E-state index contributed by atoms with van der Waals surface area (Å²) in [5.41, 5.74) is -0.439. The maximum Gasteiger partial charge on any atom is 0.410 e. The molecule has 5 nitrogen and oxygen atoms in total. The monoisotopic (exact) mass is 286 g/mol. The number of likely N-dealkylation sites (tertiary alicyclic amines) is 1. The summed E-state index contributed by atoms with van der Waals surface area (Å²) in [5, 5.41) is 12.4. The molecule has 0 aliphatic carbocycles. The van der Waals surface area contributed by atoms with Crippen molar-refractivity contribution in [2.24, 2.45) is 0 Å². The van der Waals surface area contributed by atoms with Gasteiger partial charge >= 0.3 is 6.09 Å². The van der Waals surface area contributed by atoms with Crippen LogP contribution in [-0.4, -0.2) is 53.5 Å². The molecule has 0 spiro atoms. The SMILES string of the molecule is C[C@@H](CCCO)N[C@@H]1CCCN(C(=O)OC(C)(C)C)C1. The van der Waals surface area contributed by atoms with Crippen molar-refractivity contribution >= 4 is 6.09 Å². The number of hydrogen-bond acceptors (Lipinski definition) is 4. The van der Waals surface area contributed by atoms with Crippen molar-refractivity contribution < 1.29 is 14.6 Å². The van der Waals surface area contributed by atoms with Crippen LogP contribution in [0.5, 0.6) is 0 Å². The van der Waals surface area contributed by atoms with E-state index in [4.69, 9.17) is 9.84 Å². The number of piperidine rings is 1. The van der Waals surface area contributed by atoms with Crippen molar-refractivity contribution in [2.75, 3.05) is 19.7 Å².